The number of carboxylic acids is 1. The summed E-state index contributed by atoms with van der Waals surface area (Å²) in [5.41, 5.74) is 2.75. The van der Waals surface area contributed by atoms with Crippen LogP contribution in [0.3, 0.4) is 0 Å². The maximum atomic E-state index is 12.5. The number of carboxylic acid groups (broad SMARTS) is 1. The predicted molar refractivity (Wildman–Crippen MR) is 131 cm³/mol. The minimum Gasteiger partial charge on any atom is -0.507 e. The van der Waals surface area contributed by atoms with Gasteiger partial charge in [-0.3, -0.25) is 9.36 Å². The van der Waals surface area contributed by atoms with Crippen LogP contribution in [0.4, 0.5) is 0 Å². The molecule has 194 valence electrons. The number of phenols is 1. The Labute approximate surface area is 206 Å². The third kappa shape index (κ3) is 7.19. The zero-order chi connectivity index (χ0) is 26.2. The largest absolute Gasteiger partial charge is 0.507 e. The lowest BCUT2D eigenvalue weighted by molar-refractivity contribution is -0.140. The Hall–Kier alpha value is -2.61. The number of allylic oxidation sites excluding steroid dienone is 3. The number of esters is 1. The highest BCUT2D eigenvalue weighted by molar-refractivity contribution is 7.53. The Bertz CT molecular complexity index is 1030. The van der Waals surface area contributed by atoms with Crippen LogP contribution in [0.2, 0.25) is 0 Å². The number of cyclic esters (lactones) is 1. The van der Waals surface area contributed by atoms with E-state index in [2.05, 4.69) is 0 Å². The summed E-state index contributed by atoms with van der Waals surface area (Å²) in [5.74, 6) is -2.03. The highest BCUT2D eigenvalue weighted by Gasteiger charge is 2.32. The minimum atomic E-state index is -3.18. The summed E-state index contributed by atoms with van der Waals surface area (Å²) in [6.45, 7) is 7.73. The first-order valence-corrected chi connectivity index (χ1v) is 13.3. The van der Waals surface area contributed by atoms with Gasteiger partial charge in [-0.25, -0.2) is 4.79 Å². The lowest BCUT2D eigenvalue weighted by Gasteiger charge is -2.16. The van der Waals surface area contributed by atoms with Crippen molar-refractivity contribution < 1.29 is 42.9 Å². The molecule has 0 bridgehead atoms. The van der Waals surface area contributed by atoms with Gasteiger partial charge in [-0.2, -0.15) is 0 Å². The number of methoxy groups -OCH3 is 1. The SMILES string of the molecule is CCOP(=O)(CC/C=C/C(CC(C)=CCc1c(O)c2c(c(C)c1OC)COC2=O)C(=O)O)OCC. The summed E-state index contributed by atoms with van der Waals surface area (Å²) in [6.07, 6.45) is 6.10. The van der Waals surface area contributed by atoms with E-state index in [0.717, 1.165) is 11.1 Å². The highest BCUT2D eigenvalue weighted by atomic mass is 31.2. The zero-order valence-corrected chi connectivity index (χ0v) is 21.9. The number of aromatic hydroxyl groups is 1. The number of rotatable bonds is 14. The Kier molecular flexibility index (Phi) is 10.6. The summed E-state index contributed by atoms with van der Waals surface area (Å²) >= 11 is 0. The van der Waals surface area contributed by atoms with Gasteiger partial charge in [0.1, 0.15) is 23.7 Å². The molecule has 1 atom stereocenters. The van der Waals surface area contributed by atoms with Crippen molar-refractivity contribution in [2.75, 3.05) is 26.5 Å². The Morgan fingerprint density at radius 2 is 1.91 bits per heavy atom. The average molecular weight is 511 g/mol. The summed E-state index contributed by atoms with van der Waals surface area (Å²) < 4.78 is 33.6. The van der Waals surface area contributed by atoms with Gasteiger partial charge in [0.15, 0.2) is 0 Å². The van der Waals surface area contributed by atoms with Crippen molar-refractivity contribution in [1.29, 1.82) is 0 Å². The van der Waals surface area contributed by atoms with Crippen molar-refractivity contribution >= 4 is 19.5 Å². The van der Waals surface area contributed by atoms with Crippen LogP contribution in [-0.2, 0) is 36.2 Å². The van der Waals surface area contributed by atoms with Crippen molar-refractivity contribution in [2.24, 2.45) is 5.92 Å². The molecule has 0 amide bonds. The molecule has 1 heterocycles. The minimum absolute atomic E-state index is 0.0935. The molecule has 0 saturated heterocycles. The molecule has 0 saturated carbocycles. The number of ether oxygens (including phenoxy) is 2. The Morgan fingerprint density at radius 3 is 2.49 bits per heavy atom. The topological polar surface area (TPSA) is 129 Å². The first-order valence-electron chi connectivity index (χ1n) is 11.6. The fourth-order valence-electron chi connectivity index (χ4n) is 4.03. The molecule has 0 radical (unpaired) electrons. The van der Waals surface area contributed by atoms with E-state index in [-0.39, 0.29) is 50.1 Å². The fraction of sp³-hybridized carbons (Fsp3) is 0.520. The number of benzene rings is 1. The smallest absolute Gasteiger partial charge is 0.342 e. The van der Waals surface area contributed by atoms with Gasteiger partial charge in [0.2, 0.25) is 0 Å². The molecule has 1 aromatic carbocycles. The van der Waals surface area contributed by atoms with E-state index >= 15 is 0 Å². The van der Waals surface area contributed by atoms with E-state index in [1.165, 1.54) is 7.11 Å². The Morgan fingerprint density at radius 1 is 1.26 bits per heavy atom. The van der Waals surface area contributed by atoms with E-state index < -0.39 is 25.5 Å². The van der Waals surface area contributed by atoms with Gasteiger partial charge in [0.05, 0.1) is 32.4 Å². The predicted octanol–water partition coefficient (Wildman–Crippen LogP) is 5.17. The van der Waals surface area contributed by atoms with Crippen LogP contribution in [0, 0.1) is 12.8 Å². The number of hydrogen-bond acceptors (Lipinski definition) is 8. The molecule has 0 fully saturated rings. The number of phenolic OH excluding ortho intramolecular Hbond substituents is 1. The zero-order valence-electron chi connectivity index (χ0n) is 21.0. The second kappa shape index (κ2) is 12.9. The Balaban J connectivity index is 2.12. The second-order valence-electron chi connectivity index (χ2n) is 8.21. The van der Waals surface area contributed by atoms with Crippen molar-refractivity contribution in [1.82, 2.24) is 0 Å². The van der Waals surface area contributed by atoms with E-state index in [1.807, 2.05) is 6.08 Å². The maximum Gasteiger partial charge on any atom is 0.342 e. The number of aliphatic carboxylic acids is 1. The number of carbonyl (C=O) groups is 2. The maximum absolute atomic E-state index is 12.5. The third-order valence-corrected chi connectivity index (χ3v) is 7.86. The van der Waals surface area contributed by atoms with E-state index in [9.17, 15) is 24.4 Å². The van der Waals surface area contributed by atoms with Gasteiger partial charge in [-0.1, -0.05) is 23.8 Å². The first-order chi connectivity index (χ1) is 16.6. The number of hydrogen-bond donors (Lipinski definition) is 2. The molecular weight excluding hydrogens is 475 g/mol. The number of fused-ring (bicyclic) bond motifs is 1. The molecule has 1 aliphatic rings. The monoisotopic (exact) mass is 510 g/mol. The third-order valence-electron chi connectivity index (χ3n) is 5.75. The molecule has 2 N–H and O–H groups in total. The van der Waals surface area contributed by atoms with Crippen LogP contribution in [0.5, 0.6) is 11.5 Å². The second-order valence-corrected chi connectivity index (χ2v) is 10.4. The molecule has 1 aromatic rings. The van der Waals surface area contributed by atoms with Crippen molar-refractivity contribution in [3.05, 3.63) is 46.1 Å². The molecule has 0 spiro atoms. The highest BCUT2D eigenvalue weighted by Crippen LogP contribution is 2.48. The summed E-state index contributed by atoms with van der Waals surface area (Å²) in [6, 6.07) is 0. The fourth-order valence-corrected chi connectivity index (χ4v) is 5.61. The van der Waals surface area contributed by atoms with Crippen LogP contribution >= 0.6 is 7.60 Å². The molecule has 0 aliphatic carbocycles. The van der Waals surface area contributed by atoms with Crippen molar-refractivity contribution in [3.63, 3.8) is 0 Å². The lowest BCUT2D eigenvalue weighted by atomic mass is 9.93. The van der Waals surface area contributed by atoms with Crippen molar-refractivity contribution in [3.8, 4) is 11.5 Å². The molecular formula is C25H35O9P. The van der Waals surface area contributed by atoms with E-state index in [1.54, 1.807) is 39.8 Å². The number of carbonyl (C=O) groups excluding carboxylic acids is 1. The molecule has 9 nitrogen and oxygen atoms in total. The molecule has 1 unspecified atom stereocenters. The molecule has 2 rings (SSSR count). The summed E-state index contributed by atoms with van der Waals surface area (Å²) in [4.78, 5) is 23.8. The van der Waals surface area contributed by atoms with Gasteiger partial charge >= 0.3 is 19.5 Å². The van der Waals surface area contributed by atoms with Crippen LogP contribution in [0.1, 0.15) is 60.7 Å². The standard InChI is InChI=1S/C25H35O9P/c1-6-33-35(30,34-7-2)13-9-8-10-18(24(27)28)14-16(3)11-12-19-22(26)21-20(15-32-25(21)29)17(4)23(19)31-5/h8,10-11,18,26H,6-7,9,12-15H2,1-5H3,(H,27,28)/b10-8+,16-11?. The van der Waals surface area contributed by atoms with E-state index in [0.29, 0.717) is 23.3 Å². The molecule has 0 aromatic heterocycles. The van der Waals surface area contributed by atoms with Crippen LogP contribution in [-0.4, -0.2) is 48.6 Å². The quantitative estimate of drug-likeness (QED) is 0.198. The van der Waals surface area contributed by atoms with Gasteiger partial charge in [-0.05, 0) is 52.5 Å². The van der Waals surface area contributed by atoms with Gasteiger partial charge in [-0.15, -0.1) is 0 Å². The van der Waals surface area contributed by atoms with Crippen LogP contribution < -0.4 is 4.74 Å². The molecule has 10 heteroatoms. The van der Waals surface area contributed by atoms with E-state index in [4.69, 9.17) is 18.5 Å². The first kappa shape index (κ1) is 28.6. The van der Waals surface area contributed by atoms with Gasteiger partial charge < -0.3 is 28.7 Å². The lowest BCUT2D eigenvalue weighted by Crippen LogP contribution is -2.11. The van der Waals surface area contributed by atoms with Gasteiger partial charge in [0.25, 0.3) is 0 Å². The summed E-state index contributed by atoms with van der Waals surface area (Å²) in [5, 5.41) is 20.4. The van der Waals surface area contributed by atoms with Gasteiger partial charge in [0, 0.05) is 11.1 Å². The van der Waals surface area contributed by atoms with Crippen LogP contribution in [0.15, 0.2) is 23.8 Å². The van der Waals surface area contributed by atoms with Crippen molar-refractivity contribution in [2.45, 2.75) is 53.6 Å². The normalized spacial score (nSPS) is 14.8. The molecule has 1 aliphatic heterocycles. The molecule has 35 heavy (non-hydrogen) atoms. The average Bonchev–Trinajstić information content (AvgIpc) is 3.19. The van der Waals surface area contributed by atoms with Crippen LogP contribution in [0.25, 0.3) is 0 Å². The summed E-state index contributed by atoms with van der Waals surface area (Å²) in [7, 11) is -1.69.